The molecular formula is C6H8Br3NOSn. The van der Waals surface area contributed by atoms with Crippen molar-refractivity contribution in [3.63, 3.8) is 0 Å². The molecule has 6 heteroatoms. The van der Waals surface area contributed by atoms with E-state index < -0.39 is 11.7 Å². The Balaban J connectivity index is 3.08. The number of hydrogen-bond donors (Lipinski definition) is 1. The fraction of sp³-hybridized carbons (Fsp3) is 0.333. The third-order valence-electron chi connectivity index (χ3n) is 1.41. The molecule has 12 heavy (non-hydrogen) atoms. The summed E-state index contributed by atoms with van der Waals surface area (Å²) in [6.07, 6.45) is 1.67. The summed E-state index contributed by atoms with van der Waals surface area (Å²) in [4.78, 5) is 0. The predicted molar refractivity (Wildman–Crippen MR) is 63.5 cm³/mol. The molecule has 0 aliphatic rings. The van der Waals surface area contributed by atoms with Crippen LogP contribution in [-0.4, -0.2) is 11.7 Å². The summed E-state index contributed by atoms with van der Waals surface area (Å²) >= 11 is 8.31. The fourth-order valence-electron chi connectivity index (χ4n) is 0.908. The van der Waals surface area contributed by atoms with E-state index in [2.05, 4.69) is 38.1 Å². The Bertz CT molecular complexity index is 268. The molecular weight excluding hydrogens is 460 g/mol. The van der Waals surface area contributed by atoms with Gasteiger partial charge in [-0.1, -0.05) is 0 Å². The summed E-state index contributed by atoms with van der Waals surface area (Å²) in [7, 11) is 0. The van der Waals surface area contributed by atoms with Gasteiger partial charge in [-0.05, 0) is 0 Å². The zero-order valence-electron chi connectivity index (χ0n) is 6.35. The summed E-state index contributed by atoms with van der Waals surface area (Å²) < 4.78 is 6.46. The minimum absolute atomic E-state index is 0.0567. The van der Waals surface area contributed by atoms with Crippen molar-refractivity contribution in [2.45, 2.75) is 13.0 Å². The first-order valence-corrected chi connectivity index (χ1v) is 24.0. The van der Waals surface area contributed by atoms with Crippen LogP contribution < -0.4 is 9.31 Å². The van der Waals surface area contributed by atoms with Crippen LogP contribution in [0.5, 0.6) is 0 Å². The number of rotatable bonds is 2. The van der Waals surface area contributed by atoms with E-state index in [4.69, 9.17) is 10.2 Å². The number of furan rings is 1. The monoisotopic (exact) mass is 467 g/mol. The first-order valence-electron chi connectivity index (χ1n) is 3.33. The van der Waals surface area contributed by atoms with Gasteiger partial charge in [0.15, 0.2) is 0 Å². The number of hydrogen-bond acceptors (Lipinski definition) is 2. The third kappa shape index (κ3) is 2.73. The molecule has 1 aromatic rings. The molecule has 1 unspecified atom stereocenters. The average Bonchev–Trinajstić information content (AvgIpc) is 2.30. The van der Waals surface area contributed by atoms with Crippen LogP contribution in [0.25, 0.3) is 0 Å². The van der Waals surface area contributed by atoms with Gasteiger partial charge in [-0.3, -0.25) is 0 Å². The molecule has 0 aromatic carbocycles. The normalized spacial score (nSPS) is 14.8. The van der Waals surface area contributed by atoms with E-state index in [9.17, 15) is 0 Å². The van der Waals surface area contributed by atoms with E-state index >= 15 is 0 Å². The molecule has 0 radical (unpaired) electrons. The molecule has 1 atom stereocenters. The first-order chi connectivity index (χ1) is 5.43. The number of halogens is 3. The Morgan fingerprint density at radius 1 is 1.50 bits per heavy atom. The van der Waals surface area contributed by atoms with Crippen LogP contribution in [0.2, 0.25) is 0 Å². The van der Waals surface area contributed by atoms with Gasteiger partial charge in [-0.2, -0.15) is 0 Å². The summed E-state index contributed by atoms with van der Waals surface area (Å²) in [5.41, 5.74) is 5.73. The van der Waals surface area contributed by atoms with Crippen molar-refractivity contribution in [3.8, 4) is 0 Å². The van der Waals surface area contributed by atoms with Crippen LogP contribution in [0.15, 0.2) is 16.7 Å². The van der Waals surface area contributed by atoms with Crippen molar-refractivity contribution in [3.05, 3.63) is 18.1 Å². The second-order valence-electron chi connectivity index (χ2n) is 2.48. The predicted octanol–water partition coefficient (Wildman–Crippen LogP) is 2.63. The van der Waals surface area contributed by atoms with Gasteiger partial charge in [0.2, 0.25) is 0 Å². The second kappa shape index (κ2) is 4.33. The Hall–Kier alpha value is 1.48. The molecule has 0 saturated heterocycles. The average molecular weight is 469 g/mol. The minimum atomic E-state index is -2.53. The maximum absolute atomic E-state index is 5.73. The van der Waals surface area contributed by atoms with E-state index in [0.717, 1.165) is 5.76 Å². The van der Waals surface area contributed by atoms with Crippen molar-refractivity contribution < 1.29 is 4.42 Å². The van der Waals surface area contributed by atoms with Gasteiger partial charge in [0, 0.05) is 0 Å². The third-order valence-corrected chi connectivity index (χ3v) is 12.9. The molecule has 2 N–H and O–H groups in total. The van der Waals surface area contributed by atoms with Crippen molar-refractivity contribution >= 4 is 53.4 Å². The SMILES string of the molecule is CC(N)c1occ[c]1[Sn]([Br])([Br])[Br]. The Morgan fingerprint density at radius 3 is 2.42 bits per heavy atom. The zero-order valence-corrected chi connectivity index (χ0v) is 14.0. The van der Waals surface area contributed by atoms with Crippen molar-refractivity contribution in [2.75, 3.05) is 0 Å². The molecule has 0 amide bonds. The van der Waals surface area contributed by atoms with E-state index in [1.165, 1.54) is 3.58 Å². The summed E-state index contributed by atoms with van der Waals surface area (Å²) in [5, 5.41) is 0. The molecule has 1 heterocycles. The van der Waals surface area contributed by atoms with Gasteiger partial charge in [0.25, 0.3) is 0 Å². The molecule has 0 aliphatic heterocycles. The molecule has 1 rings (SSSR count). The molecule has 0 saturated carbocycles. The van der Waals surface area contributed by atoms with Gasteiger partial charge < -0.3 is 0 Å². The maximum atomic E-state index is 5.73. The molecule has 0 fully saturated rings. The molecule has 1 aromatic heterocycles. The molecule has 0 bridgehead atoms. The molecule has 0 aliphatic carbocycles. The van der Waals surface area contributed by atoms with E-state index in [-0.39, 0.29) is 6.04 Å². The quantitative estimate of drug-likeness (QED) is 0.678. The van der Waals surface area contributed by atoms with Gasteiger partial charge in [0.1, 0.15) is 0 Å². The van der Waals surface area contributed by atoms with Crippen molar-refractivity contribution in [1.82, 2.24) is 0 Å². The molecule has 0 spiro atoms. The molecule has 68 valence electrons. The van der Waals surface area contributed by atoms with Crippen LogP contribution in [0.3, 0.4) is 0 Å². The van der Waals surface area contributed by atoms with E-state index in [0.29, 0.717) is 0 Å². The van der Waals surface area contributed by atoms with Crippen LogP contribution in [-0.2, 0) is 0 Å². The Morgan fingerprint density at radius 2 is 2.08 bits per heavy atom. The van der Waals surface area contributed by atoms with E-state index in [1.54, 1.807) is 6.26 Å². The van der Waals surface area contributed by atoms with Crippen molar-refractivity contribution in [1.29, 1.82) is 0 Å². The summed E-state index contributed by atoms with van der Waals surface area (Å²) in [6, 6.07) is 1.89. The van der Waals surface area contributed by atoms with Crippen molar-refractivity contribution in [2.24, 2.45) is 5.73 Å². The van der Waals surface area contributed by atoms with Gasteiger partial charge >= 0.3 is 94.6 Å². The molecule has 2 nitrogen and oxygen atoms in total. The number of nitrogens with two attached hydrogens (primary N) is 1. The topological polar surface area (TPSA) is 39.2 Å². The summed E-state index contributed by atoms with van der Waals surface area (Å²) in [6.45, 7) is 1.91. The Kier molecular flexibility index (Phi) is 4.17. The van der Waals surface area contributed by atoms with Gasteiger partial charge in [-0.25, -0.2) is 0 Å². The van der Waals surface area contributed by atoms with Crippen LogP contribution >= 0.6 is 38.1 Å². The zero-order chi connectivity index (χ0) is 9.35. The second-order valence-corrected chi connectivity index (χ2v) is 52.2. The first kappa shape index (κ1) is 11.6. The van der Waals surface area contributed by atoms with Crippen LogP contribution in [0, 0.1) is 0 Å². The Labute approximate surface area is 93.4 Å². The van der Waals surface area contributed by atoms with E-state index in [1.807, 2.05) is 13.0 Å². The van der Waals surface area contributed by atoms with Crippen LogP contribution in [0.4, 0.5) is 0 Å². The standard InChI is InChI=1S/C6H8NO.3BrH.Sn/c1-5(7)6-3-2-4-8-6;;;;/h2,4-5H,7H2,1H3;3*1H;/q;;;;+3/p-3. The summed E-state index contributed by atoms with van der Waals surface area (Å²) in [5.74, 6) is 0.858. The van der Waals surface area contributed by atoms with Crippen LogP contribution in [0.1, 0.15) is 18.7 Å². The fourth-order valence-corrected chi connectivity index (χ4v) is 9.85. The van der Waals surface area contributed by atoms with Gasteiger partial charge in [-0.15, -0.1) is 0 Å². The van der Waals surface area contributed by atoms with Gasteiger partial charge in [0.05, 0.1) is 0 Å².